The van der Waals surface area contributed by atoms with E-state index in [0.29, 0.717) is 11.9 Å². The fourth-order valence-corrected chi connectivity index (χ4v) is 4.65. The molecule has 2 aliphatic rings. The van der Waals surface area contributed by atoms with Gasteiger partial charge in [0.25, 0.3) is 0 Å². The van der Waals surface area contributed by atoms with Crippen molar-refractivity contribution in [1.82, 2.24) is 9.88 Å². The molecule has 0 amide bonds. The molecule has 4 rings (SSSR count). The van der Waals surface area contributed by atoms with Crippen molar-refractivity contribution in [2.75, 3.05) is 55.6 Å². The molecule has 2 N–H and O–H groups in total. The van der Waals surface area contributed by atoms with Gasteiger partial charge in [-0.05, 0) is 36.6 Å². The molecule has 152 valence electrons. The zero-order valence-corrected chi connectivity index (χ0v) is 20.4. The van der Waals surface area contributed by atoms with Gasteiger partial charge in [0.15, 0.2) is 11.1 Å². The minimum Gasteiger partial charge on any atom is -0.371 e. The van der Waals surface area contributed by atoms with Crippen LogP contribution in [0.25, 0.3) is 0 Å². The predicted octanol–water partition coefficient (Wildman–Crippen LogP) is 3.49. The van der Waals surface area contributed by atoms with Crippen molar-refractivity contribution >= 4 is 68.0 Å². The summed E-state index contributed by atoms with van der Waals surface area (Å²) in [6.07, 6.45) is 3.03. The number of halogens is 2. The van der Waals surface area contributed by atoms with Crippen LogP contribution in [-0.2, 0) is 0 Å². The van der Waals surface area contributed by atoms with Crippen LogP contribution in [0.2, 0.25) is 0 Å². The zero-order valence-electron chi connectivity index (χ0n) is 15.7. The van der Waals surface area contributed by atoms with Gasteiger partial charge in [-0.3, -0.25) is 4.99 Å². The van der Waals surface area contributed by atoms with Crippen LogP contribution in [-0.4, -0.2) is 61.7 Å². The maximum atomic E-state index is 6.28. The van der Waals surface area contributed by atoms with E-state index in [9.17, 15) is 0 Å². The van der Waals surface area contributed by atoms with Crippen molar-refractivity contribution in [2.45, 2.75) is 6.42 Å². The third-order valence-corrected chi connectivity index (χ3v) is 6.64. The Bertz CT molecular complexity index is 761. The summed E-state index contributed by atoms with van der Waals surface area (Å²) in [6.45, 7) is 6.67. The molecule has 0 aliphatic carbocycles. The van der Waals surface area contributed by atoms with Crippen LogP contribution < -0.4 is 15.5 Å². The van der Waals surface area contributed by atoms with Gasteiger partial charge in [-0.15, -0.1) is 35.3 Å². The van der Waals surface area contributed by atoms with E-state index in [2.05, 4.69) is 59.9 Å². The molecule has 2 saturated heterocycles. The largest absolute Gasteiger partial charge is 0.371 e. The number of hydrogen-bond acceptors (Lipinski definition) is 5. The van der Waals surface area contributed by atoms with Crippen LogP contribution in [0.4, 0.5) is 10.8 Å². The molecule has 1 aromatic carbocycles. The van der Waals surface area contributed by atoms with Crippen LogP contribution in [0.3, 0.4) is 0 Å². The van der Waals surface area contributed by atoms with Gasteiger partial charge >= 0.3 is 0 Å². The monoisotopic (exact) mass is 576 g/mol. The van der Waals surface area contributed by atoms with E-state index in [4.69, 9.17) is 10.7 Å². The standard InChI is InChI=1S/C19H25BrN6S.HI/c20-16-1-3-17(4-2-16)26-7-5-15(14-26)13-23-18(21)24-8-10-25(11-9-24)19-22-6-12-27-19;/h1-4,6,12,15H,5,7-11,13-14H2,(H2,21,23);1H. The lowest BCUT2D eigenvalue weighted by Gasteiger charge is -2.35. The van der Waals surface area contributed by atoms with Crippen molar-refractivity contribution in [3.63, 3.8) is 0 Å². The van der Waals surface area contributed by atoms with Crippen LogP contribution in [0.1, 0.15) is 6.42 Å². The van der Waals surface area contributed by atoms with Crippen molar-refractivity contribution < 1.29 is 0 Å². The van der Waals surface area contributed by atoms with Crippen LogP contribution in [0.5, 0.6) is 0 Å². The van der Waals surface area contributed by atoms with Gasteiger partial charge in [-0.1, -0.05) is 15.9 Å². The lowest BCUT2D eigenvalue weighted by atomic mass is 10.1. The van der Waals surface area contributed by atoms with Gasteiger partial charge in [0.1, 0.15) is 0 Å². The molecule has 0 spiro atoms. The number of aromatic nitrogens is 1. The molecule has 2 aliphatic heterocycles. The highest BCUT2D eigenvalue weighted by Crippen LogP contribution is 2.25. The summed E-state index contributed by atoms with van der Waals surface area (Å²) in [6, 6.07) is 8.55. The summed E-state index contributed by atoms with van der Waals surface area (Å²) >= 11 is 5.19. The summed E-state index contributed by atoms with van der Waals surface area (Å²) in [5.41, 5.74) is 7.57. The first kappa shape index (κ1) is 21.6. The smallest absolute Gasteiger partial charge is 0.191 e. The molecule has 1 aromatic heterocycles. The first-order valence-corrected chi connectivity index (χ1v) is 11.1. The second-order valence-electron chi connectivity index (χ2n) is 7.06. The number of rotatable bonds is 4. The molecule has 1 unspecified atom stereocenters. The maximum absolute atomic E-state index is 6.28. The quantitative estimate of drug-likeness (QED) is 0.343. The summed E-state index contributed by atoms with van der Waals surface area (Å²) in [4.78, 5) is 16.1. The number of hydrogen-bond donors (Lipinski definition) is 1. The average Bonchev–Trinajstić information content (AvgIpc) is 3.39. The van der Waals surface area contributed by atoms with E-state index >= 15 is 0 Å². The first-order valence-electron chi connectivity index (χ1n) is 9.39. The fraction of sp³-hybridized carbons (Fsp3) is 0.474. The van der Waals surface area contributed by atoms with E-state index in [-0.39, 0.29) is 24.0 Å². The molecule has 6 nitrogen and oxygen atoms in total. The Kier molecular flexibility index (Phi) is 7.81. The fourth-order valence-electron chi connectivity index (χ4n) is 3.69. The lowest BCUT2D eigenvalue weighted by Crippen LogP contribution is -2.51. The molecule has 28 heavy (non-hydrogen) atoms. The molecule has 1 atom stereocenters. The molecular formula is C19H26BrIN6S. The van der Waals surface area contributed by atoms with Crippen LogP contribution in [0, 0.1) is 5.92 Å². The topological polar surface area (TPSA) is 61.0 Å². The van der Waals surface area contributed by atoms with Gasteiger partial charge in [-0.2, -0.15) is 0 Å². The Morgan fingerprint density at radius 1 is 1.14 bits per heavy atom. The number of thiazole rings is 1. The second-order valence-corrected chi connectivity index (χ2v) is 8.85. The number of aliphatic imine (C=N–C) groups is 1. The summed E-state index contributed by atoms with van der Waals surface area (Å²) in [5.74, 6) is 1.26. The van der Waals surface area contributed by atoms with Gasteiger partial charge in [0, 0.05) is 67.6 Å². The molecule has 3 heterocycles. The molecule has 2 fully saturated rings. The van der Waals surface area contributed by atoms with Crippen LogP contribution >= 0.6 is 51.2 Å². The van der Waals surface area contributed by atoms with E-state index in [1.54, 1.807) is 11.3 Å². The Hall–Kier alpha value is -1.07. The molecule has 0 saturated carbocycles. The molecule has 2 aromatic rings. The number of nitrogens with two attached hydrogens (primary N) is 1. The van der Waals surface area contributed by atoms with Gasteiger partial charge in [-0.25, -0.2) is 4.98 Å². The summed E-state index contributed by atoms with van der Waals surface area (Å²) < 4.78 is 1.12. The van der Waals surface area contributed by atoms with E-state index in [0.717, 1.165) is 55.4 Å². The lowest BCUT2D eigenvalue weighted by molar-refractivity contribution is 0.379. The SMILES string of the molecule is I.NC(=NCC1CCN(c2ccc(Br)cc2)C1)N1CCN(c2nccs2)CC1. The normalized spacial score (nSPS) is 20.4. The Morgan fingerprint density at radius 3 is 2.57 bits per heavy atom. The Morgan fingerprint density at radius 2 is 1.89 bits per heavy atom. The summed E-state index contributed by atoms with van der Waals surface area (Å²) in [5, 5.41) is 3.13. The van der Waals surface area contributed by atoms with E-state index in [1.807, 2.05) is 11.6 Å². The van der Waals surface area contributed by atoms with Gasteiger partial charge in [0.2, 0.25) is 0 Å². The minimum absolute atomic E-state index is 0. The third-order valence-electron chi connectivity index (χ3n) is 5.28. The van der Waals surface area contributed by atoms with Crippen LogP contribution in [0.15, 0.2) is 45.3 Å². The number of guanidine groups is 1. The van der Waals surface area contributed by atoms with Crippen molar-refractivity contribution in [3.05, 3.63) is 40.3 Å². The predicted molar refractivity (Wildman–Crippen MR) is 132 cm³/mol. The second kappa shape index (κ2) is 10.1. The molecule has 0 radical (unpaired) electrons. The average molecular weight is 577 g/mol. The number of benzene rings is 1. The number of anilines is 2. The highest BCUT2D eigenvalue weighted by atomic mass is 127. The Balaban J connectivity index is 0.00000225. The number of piperazine rings is 1. The van der Waals surface area contributed by atoms with Crippen molar-refractivity contribution in [1.29, 1.82) is 0 Å². The van der Waals surface area contributed by atoms with Crippen molar-refractivity contribution in [2.24, 2.45) is 16.6 Å². The molecule has 9 heteroatoms. The molecular weight excluding hydrogens is 551 g/mol. The number of nitrogens with zero attached hydrogens (tertiary/aromatic N) is 5. The highest BCUT2D eigenvalue weighted by molar-refractivity contribution is 14.0. The first-order chi connectivity index (χ1) is 13.2. The minimum atomic E-state index is 0. The third kappa shape index (κ3) is 5.29. The highest BCUT2D eigenvalue weighted by Gasteiger charge is 2.24. The zero-order chi connectivity index (χ0) is 18.6. The Labute approximate surface area is 196 Å². The van der Waals surface area contributed by atoms with Gasteiger partial charge < -0.3 is 20.4 Å². The summed E-state index contributed by atoms with van der Waals surface area (Å²) in [7, 11) is 0. The van der Waals surface area contributed by atoms with E-state index in [1.165, 1.54) is 12.1 Å². The van der Waals surface area contributed by atoms with Crippen molar-refractivity contribution in [3.8, 4) is 0 Å². The maximum Gasteiger partial charge on any atom is 0.191 e. The van der Waals surface area contributed by atoms with Gasteiger partial charge in [0.05, 0.1) is 0 Å². The molecule has 0 bridgehead atoms. The van der Waals surface area contributed by atoms with E-state index < -0.39 is 0 Å².